The molecule has 0 bridgehead atoms. The maximum absolute atomic E-state index is 11.2. The number of fused-ring (bicyclic) bond motifs is 1. The smallest absolute Gasteiger partial charge is 0.243 e. The van der Waals surface area contributed by atoms with E-state index in [1.807, 2.05) is 24.3 Å². The number of hydrogen-bond acceptors (Lipinski definition) is 3. The average molecular weight is 233 g/mol. The minimum Gasteiger partial charge on any atom is -0.486 e. The van der Waals surface area contributed by atoms with E-state index in [1.54, 1.807) is 13.0 Å². The molecule has 1 aliphatic heterocycles. The van der Waals surface area contributed by atoms with Gasteiger partial charge in [0.25, 0.3) is 0 Å². The third-order valence-corrected chi connectivity index (χ3v) is 2.39. The summed E-state index contributed by atoms with van der Waals surface area (Å²) in [6, 6.07) is 7.51. The second-order valence-corrected chi connectivity index (χ2v) is 3.74. The fraction of sp³-hybridized carbons (Fsp3) is 0.308. The number of benzene rings is 1. The second-order valence-electron chi connectivity index (χ2n) is 3.74. The highest BCUT2D eigenvalue weighted by atomic mass is 16.6. The van der Waals surface area contributed by atoms with Gasteiger partial charge in [0.05, 0.1) is 6.54 Å². The first-order valence-corrected chi connectivity index (χ1v) is 5.58. The van der Waals surface area contributed by atoms with Gasteiger partial charge in [-0.15, -0.1) is 0 Å². The Labute approximate surface area is 100 Å². The van der Waals surface area contributed by atoms with Gasteiger partial charge in [-0.3, -0.25) is 4.79 Å². The Bertz CT molecular complexity index is 428. The summed E-state index contributed by atoms with van der Waals surface area (Å²) in [6.07, 6.45) is 3.04. The molecule has 1 atom stereocenters. The van der Waals surface area contributed by atoms with Crippen molar-refractivity contribution in [1.29, 1.82) is 0 Å². The van der Waals surface area contributed by atoms with Crippen LogP contribution in [-0.2, 0) is 4.79 Å². The van der Waals surface area contributed by atoms with E-state index in [9.17, 15) is 4.79 Å². The molecule has 1 aromatic rings. The highest BCUT2D eigenvalue weighted by molar-refractivity contribution is 5.87. The number of amides is 1. The molecule has 1 aliphatic rings. The molecule has 90 valence electrons. The van der Waals surface area contributed by atoms with Gasteiger partial charge >= 0.3 is 0 Å². The van der Waals surface area contributed by atoms with Crippen LogP contribution < -0.4 is 14.8 Å². The van der Waals surface area contributed by atoms with Gasteiger partial charge in [-0.25, -0.2) is 0 Å². The maximum atomic E-state index is 11.2. The lowest BCUT2D eigenvalue weighted by Gasteiger charge is -2.26. The lowest BCUT2D eigenvalue weighted by atomic mass is 10.2. The topological polar surface area (TPSA) is 47.6 Å². The van der Waals surface area contributed by atoms with Crippen LogP contribution in [0.1, 0.15) is 6.92 Å². The number of nitrogens with one attached hydrogen (secondary N) is 1. The molecule has 1 heterocycles. The van der Waals surface area contributed by atoms with Crippen molar-refractivity contribution in [3.8, 4) is 11.5 Å². The highest BCUT2D eigenvalue weighted by Crippen LogP contribution is 2.30. The van der Waals surface area contributed by atoms with Gasteiger partial charge in [-0.1, -0.05) is 18.2 Å². The summed E-state index contributed by atoms with van der Waals surface area (Å²) in [5.41, 5.74) is 0. The van der Waals surface area contributed by atoms with Crippen molar-refractivity contribution in [2.75, 3.05) is 13.2 Å². The number of hydrogen-bond donors (Lipinski definition) is 1. The van der Waals surface area contributed by atoms with Crippen molar-refractivity contribution in [2.24, 2.45) is 0 Å². The maximum Gasteiger partial charge on any atom is 0.243 e. The van der Waals surface area contributed by atoms with Crippen LogP contribution in [0, 0.1) is 0 Å². The number of carbonyl (C=O) groups excluding carboxylic acids is 1. The van der Waals surface area contributed by atoms with Gasteiger partial charge in [-0.05, 0) is 25.1 Å². The van der Waals surface area contributed by atoms with Crippen molar-refractivity contribution < 1.29 is 14.3 Å². The summed E-state index contributed by atoms with van der Waals surface area (Å²) >= 11 is 0. The molecule has 0 aromatic heterocycles. The second kappa shape index (κ2) is 5.39. The molecule has 0 radical (unpaired) electrons. The van der Waals surface area contributed by atoms with Crippen molar-refractivity contribution >= 4 is 5.91 Å². The quantitative estimate of drug-likeness (QED) is 0.805. The van der Waals surface area contributed by atoms with E-state index in [1.165, 1.54) is 6.08 Å². The molecule has 4 heteroatoms. The first-order valence-electron chi connectivity index (χ1n) is 5.58. The van der Waals surface area contributed by atoms with Gasteiger partial charge in [0.1, 0.15) is 12.7 Å². The molecule has 1 aromatic carbocycles. The Morgan fingerprint density at radius 1 is 1.47 bits per heavy atom. The standard InChI is InChI=1S/C13H15NO3/c1-2-5-13(15)14-8-10-9-16-11-6-3-4-7-12(11)17-10/h2-7,10H,8-9H2,1H3,(H,14,15)/b5-2+. The van der Waals surface area contributed by atoms with Crippen LogP contribution in [0.25, 0.3) is 0 Å². The van der Waals surface area contributed by atoms with E-state index in [2.05, 4.69) is 5.32 Å². The first kappa shape index (κ1) is 11.5. The highest BCUT2D eigenvalue weighted by Gasteiger charge is 2.20. The molecule has 4 nitrogen and oxygen atoms in total. The van der Waals surface area contributed by atoms with E-state index in [4.69, 9.17) is 9.47 Å². The molecule has 1 N–H and O–H groups in total. The fourth-order valence-electron chi connectivity index (χ4n) is 1.59. The Morgan fingerprint density at radius 3 is 3.00 bits per heavy atom. The van der Waals surface area contributed by atoms with Crippen molar-refractivity contribution in [1.82, 2.24) is 5.32 Å². The van der Waals surface area contributed by atoms with Gasteiger partial charge < -0.3 is 14.8 Å². The minimum absolute atomic E-state index is 0.116. The van der Waals surface area contributed by atoms with Gasteiger partial charge in [0.15, 0.2) is 11.5 Å². The van der Waals surface area contributed by atoms with E-state index < -0.39 is 0 Å². The summed E-state index contributed by atoms with van der Waals surface area (Å²) in [5.74, 6) is 1.36. The van der Waals surface area contributed by atoms with Crippen LogP contribution in [-0.4, -0.2) is 25.2 Å². The van der Waals surface area contributed by atoms with Crippen molar-refractivity contribution in [2.45, 2.75) is 13.0 Å². The Morgan fingerprint density at radius 2 is 2.24 bits per heavy atom. The van der Waals surface area contributed by atoms with E-state index in [0.717, 1.165) is 11.5 Å². The molecule has 0 aliphatic carbocycles. The van der Waals surface area contributed by atoms with Crippen LogP contribution in [0.3, 0.4) is 0 Å². The number of rotatable bonds is 3. The summed E-state index contributed by atoms with van der Waals surface area (Å²) < 4.78 is 11.2. The molecule has 17 heavy (non-hydrogen) atoms. The van der Waals surface area contributed by atoms with Gasteiger partial charge in [0, 0.05) is 0 Å². The molecular weight excluding hydrogens is 218 g/mol. The molecule has 0 fully saturated rings. The molecule has 0 saturated heterocycles. The molecule has 0 saturated carbocycles. The zero-order valence-electron chi connectivity index (χ0n) is 9.68. The van der Waals surface area contributed by atoms with E-state index in [0.29, 0.717) is 13.2 Å². The average Bonchev–Trinajstić information content (AvgIpc) is 2.36. The van der Waals surface area contributed by atoms with Crippen molar-refractivity contribution in [3.05, 3.63) is 36.4 Å². The predicted molar refractivity (Wildman–Crippen MR) is 64.2 cm³/mol. The zero-order valence-corrected chi connectivity index (χ0v) is 9.68. The summed E-state index contributed by atoms with van der Waals surface area (Å²) in [7, 11) is 0. The van der Waals surface area contributed by atoms with Crippen molar-refractivity contribution in [3.63, 3.8) is 0 Å². The van der Waals surface area contributed by atoms with Crippen LogP contribution in [0.5, 0.6) is 11.5 Å². The number of para-hydroxylation sites is 2. The molecule has 1 amide bonds. The summed E-state index contributed by atoms with van der Waals surface area (Å²) in [6.45, 7) is 2.70. The van der Waals surface area contributed by atoms with Crippen LogP contribution in [0.4, 0.5) is 0 Å². The monoisotopic (exact) mass is 233 g/mol. The zero-order chi connectivity index (χ0) is 12.1. The molecule has 2 rings (SSSR count). The molecular formula is C13H15NO3. The Hall–Kier alpha value is -1.97. The minimum atomic E-state index is -0.140. The normalized spacial score (nSPS) is 18.1. The summed E-state index contributed by atoms with van der Waals surface area (Å²) in [4.78, 5) is 11.2. The summed E-state index contributed by atoms with van der Waals surface area (Å²) in [5, 5.41) is 2.75. The predicted octanol–water partition coefficient (Wildman–Crippen LogP) is 1.52. The van der Waals surface area contributed by atoms with Gasteiger partial charge in [-0.2, -0.15) is 0 Å². The third kappa shape index (κ3) is 3.00. The number of allylic oxidation sites excluding steroid dienone is 1. The SMILES string of the molecule is C/C=C/C(=O)NCC1COc2ccccc2O1. The van der Waals surface area contributed by atoms with Gasteiger partial charge in [0.2, 0.25) is 5.91 Å². The number of carbonyl (C=O) groups is 1. The molecule has 0 spiro atoms. The Balaban J connectivity index is 1.88. The van der Waals surface area contributed by atoms with Crippen LogP contribution >= 0.6 is 0 Å². The van der Waals surface area contributed by atoms with E-state index in [-0.39, 0.29) is 12.0 Å². The number of ether oxygens (including phenoxy) is 2. The molecule has 1 unspecified atom stereocenters. The lowest BCUT2D eigenvalue weighted by molar-refractivity contribution is -0.117. The van der Waals surface area contributed by atoms with Crippen LogP contribution in [0.2, 0.25) is 0 Å². The largest absolute Gasteiger partial charge is 0.486 e. The fourth-order valence-corrected chi connectivity index (χ4v) is 1.59. The van der Waals surface area contributed by atoms with E-state index >= 15 is 0 Å². The third-order valence-electron chi connectivity index (χ3n) is 2.39. The lowest BCUT2D eigenvalue weighted by Crippen LogP contribution is -2.40. The Kier molecular flexibility index (Phi) is 3.65. The first-order chi connectivity index (χ1) is 8.29. The van der Waals surface area contributed by atoms with Crippen LogP contribution in [0.15, 0.2) is 36.4 Å².